The molecule has 90 valence electrons. The molecule has 2 rings (SSSR count). The van der Waals surface area contributed by atoms with Crippen molar-refractivity contribution in [2.24, 2.45) is 0 Å². The van der Waals surface area contributed by atoms with Crippen LogP contribution in [0.25, 0.3) is 11.0 Å². The van der Waals surface area contributed by atoms with Gasteiger partial charge in [0.15, 0.2) is 0 Å². The summed E-state index contributed by atoms with van der Waals surface area (Å²) in [4.78, 5) is 10.7. The van der Waals surface area contributed by atoms with Gasteiger partial charge in [0.25, 0.3) is 0 Å². The van der Waals surface area contributed by atoms with Crippen molar-refractivity contribution in [2.75, 3.05) is 0 Å². The zero-order chi connectivity index (χ0) is 12.1. The van der Waals surface area contributed by atoms with Crippen LogP contribution in [0.5, 0.6) is 0 Å². The Hall–Kier alpha value is -1.71. The molecule has 1 aromatic carbocycles. The molecule has 0 aliphatic carbocycles. The Morgan fingerprint density at radius 2 is 2.24 bits per heavy atom. The second kappa shape index (κ2) is 5.57. The first-order valence-electron chi connectivity index (χ1n) is 6.10. The third kappa shape index (κ3) is 2.52. The van der Waals surface area contributed by atoms with E-state index in [9.17, 15) is 4.79 Å². The molecule has 1 atom stereocenters. The number of para-hydroxylation sites is 1. The van der Waals surface area contributed by atoms with E-state index in [2.05, 4.69) is 17.2 Å². The van der Waals surface area contributed by atoms with Gasteiger partial charge in [-0.05, 0) is 18.6 Å². The summed E-state index contributed by atoms with van der Waals surface area (Å²) < 4.78 is 1.89. The summed E-state index contributed by atoms with van der Waals surface area (Å²) in [5.74, 6) is 0. The van der Waals surface area contributed by atoms with Crippen LogP contribution in [0.2, 0.25) is 0 Å². The number of fused-ring (bicyclic) bond motifs is 1. The van der Waals surface area contributed by atoms with Crippen LogP contribution < -0.4 is 0 Å². The van der Waals surface area contributed by atoms with E-state index in [1.807, 2.05) is 28.9 Å². The number of carbonyl (C=O) groups excluding carboxylic acids is 1. The molecule has 1 heterocycles. The first-order chi connectivity index (χ1) is 8.36. The third-order valence-corrected chi connectivity index (χ3v) is 2.98. The summed E-state index contributed by atoms with van der Waals surface area (Å²) in [7, 11) is 0. The molecule has 0 N–H and O–H groups in total. The maximum atomic E-state index is 10.7. The fourth-order valence-corrected chi connectivity index (χ4v) is 2.05. The van der Waals surface area contributed by atoms with Crippen molar-refractivity contribution >= 4 is 17.3 Å². The van der Waals surface area contributed by atoms with E-state index in [4.69, 9.17) is 0 Å². The number of aromatic nitrogens is 3. The lowest BCUT2D eigenvalue weighted by Gasteiger charge is -2.14. The lowest BCUT2D eigenvalue weighted by atomic mass is 10.1. The molecule has 0 amide bonds. The Balaban J connectivity index is 2.30. The maximum Gasteiger partial charge on any atom is 0.122 e. The summed E-state index contributed by atoms with van der Waals surface area (Å²) in [6.07, 6.45) is 4.68. The highest BCUT2D eigenvalue weighted by Crippen LogP contribution is 2.22. The van der Waals surface area contributed by atoms with E-state index in [-0.39, 0.29) is 6.04 Å². The molecule has 0 fully saturated rings. The van der Waals surface area contributed by atoms with Crippen molar-refractivity contribution in [3.05, 3.63) is 24.3 Å². The highest BCUT2D eigenvalue weighted by Gasteiger charge is 2.14. The summed E-state index contributed by atoms with van der Waals surface area (Å²) in [5, 5.41) is 8.30. The molecule has 0 bridgehead atoms. The van der Waals surface area contributed by atoms with Crippen LogP contribution in [0, 0.1) is 0 Å². The average Bonchev–Trinajstić information content (AvgIpc) is 2.78. The molecule has 0 aliphatic rings. The van der Waals surface area contributed by atoms with Gasteiger partial charge in [-0.2, -0.15) is 0 Å². The quantitative estimate of drug-likeness (QED) is 0.718. The zero-order valence-electron chi connectivity index (χ0n) is 10.0. The average molecular weight is 231 g/mol. The van der Waals surface area contributed by atoms with Gasteiger partial charge in [-0.1, -0.05) is 37.1 Å². The van der Waals surface area contributed by atoms with Crippen LogP contribution in [-0.2, 0) is 4.79 Å². The summed E-state index contributed by atoms with van der Waals surface area (Å²) in [5.41, 5.74) is 1.90. The summed E-state index contributed by atoms with van der Waals surface area (Å²) >= 11 is 0. The topological polar surface area (TPSA) is 47.8 Å². The van der Waals surface area contributed by atoms with E-state index in [0.29, 0.717) is 6.42 Å². The molecule has 0 radical (unpaired) electrons. The molecule has 0 spiro atoms. The highest BCUT2D eigenvalue weighted by atomic mass is 16.1. The maximum absolute atomic E-state index is 10.7. The smallest absolute Gasteiger partial charge is 0.122 e. The Bertz CT molecular complexity index is 492. The first-order valence-corrected chi connectivity index (χ1v) is 6.10. The molecule has 1 aromatic heterocycles. The minimum atomic E-state index is 0.139. The van der Waals surface area contributed by atoms with E-state index in [0.717, 1.165) is 36.6 Å². The lowest BCUT2D eigenvalue weighted by molar-refractivity contribution is -0.108. The van der Waals surface area contributed by atoms with Crippen LogP contribution in [0.15, 0.2) is 24.3 Å². The molecule has 0 saturated heterocycles. The van der Waals surface area contributed by atoms with E-state index in [1.165, 1.54) is 0 Å². The number of unbranched alkanes of at least 4 members (excludes halogenated alkanes) is 1. The van der Waals surface area contributed by atoms with Crippen molar-refractivity contribution in [3.63, 3.8) is 0 Å². The predicted octanol–water partition coefficient (Wildman–Crippen LogP) is 2.75. The van der Waals surface area contributed by atoms with Crippen LogP contribution in [0.1, 0.15) is 38.6 Å². The van der Waals surface area contributed by atoms with Gasteiger partial charge >= 0.3 is 0 Å². The highest BCUT2D eigenvalue weighted by molar-refractivity contribution is 5.74. The number of benzene rings is 1. The minimum Gasteiger partial charge on any atom is -0.303 e. The standard InChI is InChI=1S/C13H17N3O/c1-2-3-6-11(9-10-17)16-13-8-5-4-7-12(13)14-15-16/h4-5,7-8,10-11H,2-3,6,9H2,1H3. The minimum absolute atomic E-state index is 0.139. The van der Waals surface area contributed by atoms with Gasteiger partial charge in [-0.3, -0.25) is 0 Å². The van der Waals surface area contributed by atoms with Gasteiger partial charge in [-0.15, -0.1) is 5.10 Å². The first kappa shape index (κ1) is 11.8. The Kier molecular flexibility index (Phi) is 3.85. The summed E-state index contributed by atoms with van der Waals surface area (Å²) in [6, 6.07) is 8.00. The summed E-state index contributed by atoms with van der Waals surface area (Å²) in [6.45, 7) is 2.15. The number of carbonyl (C=O) groups is 1. The molecule has 1 unspecified atom stereocenters. The van der Waals surface area contributed by atoms with Gasteiger partial charge in [0.05, 0.1) is 11.6 Å². The van der Waals surface area contributed by atoms with Gasteiger partial charge in [-0.25, -0.2) is 4.68 Å². The van der Waals surface area contributed by atoms with Crippen LogP contribution in [0.3, 0.4) is 0 Å². The molecule has 4 nitrogen and oxygen atoms in total. The van der Waals surface area contributed by atoms with Crippen molar-refractivity contribution in [1.82, 2.24) is 15.0 Å². The number of nitrogens with zero attached hydrogens (tertiary/aromatic N) is 3. The van der Waals surface area contributed by atoms with Crippen molar-refractivity contribution in [2.45, 2.75) is 38.6 Å². The Labute approximate surface area is 101 Å². The van der Waals surface area contributed by atoms with Crippen LogP contribution >= 0.6 is 0 Å². The van der Waals surface area contributed by atoms with E-state index >= 15 is 0 Å². The van der Waals surface area contributed by atoms with Gasteiger partial charge in [0.2, 0.25) is 0 Å². The number of hydrogen-bond acceptors (Lipinski definition) is 3. The molecule has 0 aliphatic heterocycles. The largest absolute Gasteiger partial charge is 0.303 e. The predicted molar refractivity (Wildman–Crippen MR) is 66.8 cm³/mol. The van der Waals surface area contributed by atoms with Crippen molar-refractivity contribution in [1.29, 1.82) is 0 Å². The Morgan fingerprint density at radius 3 is 3.00 bits per heavy atom. The molecular weight excluding hydrogens is 214 g/mol. The number of aldehydes is 1. The van der Waals surface area contributed by atoms with Gasteiger partial charge < -0.3 is 4.79 Å². The SMILES string of the molecule is CCCCC(CC=O)n1nnc2ccccc21. The molecular formula is C13H17N3O. The lowest BCUT2D eigenvalue weighted by Crippen LogP contribution is -2.11. The van der Waals surface area contributed by atoms with Crippen molar-refractivity contribution in [3.8, 4) is 0 Å². The second-order valence-corrected chi connectivity index (χ2v) is 4.22. The second-order valence-electron chi connectivity index (χ2n) is 4.22. The molecule has 4 heteroatoms. The van der Waals surface area contributed by atoms with Gasteiger partial charge in [0.1, 0.15) is 11.8 Å². The molecule has 2 aromatic rings. The fourth-order valence-electron chi connectivity index (χ4n) is 2.05. The number of hydrogen-bond donors (Lipinski definition) is 0. The number of rotatable bonds is 6. The van der Waals surface area contributed by atoms with E-state index < -0.39 is 0 Å². The molecule has 0 saturated carbocycles. The zero-order valence-corrected chi connectivity index (χ0v) is 10.0. The Morgan fingerprint density at radius 1 is 1.41 bits per heavy atom. The van der Waals surface area contributed by atoms with E-state index in [1.54, 1.807) is 0 Å². The van der Waals surface area contributed by atoms with Crippen molar-refractivity contribution < 1.29 is 4.79 Å². The normalized spacial score (nSPS) is 12.8. The fraction of sp³-hybridized carbons (Fsp3) is 0.462. The monoisotopic (exact) mass is 231 g/mol. The third-order valence-electron chi connectivity index (χ3n) is 2.98. The van der Waals surface area contributed by atoms with Gasteiger partial charge in [0, 0.05) is 6.42 Å². The van der Waals surface area contributed by atoms with Crippen LogP contribution in [-0.4, -0.2) is 21.3 Å². The molecule has 17 heavy (non-hydrogen) atoms. The van der Waals surface area contributed by atoms with Crippen LogP contribution in [0.4, 0.5) is 0 Å².